The van der Waals surface area contributed by atoms with Gasteiger partial charge in [-0.3, -0.25) is 0 Å². The molecule has 0 bridgehead atoms. The van der Waals surface area contributed by atoms with E-state index in [0.29, 0.717) is 24.3 Å². The first-order chi connectivity index (χ1) is 10.7. The van der Waals surface area contributed by atoms with Gasteiger partial charge in [0.2, 0.25) is 0 Å². The number of ether oxygens (including phenoxy) is 2. The first kappa shape index (κ1) is 15.5. The Balaban J connectivity index is 1.58. The van der Waals surface area contributed by atoms with Gasteiger partial charge in [0.05, 0.1) is 24.9 Å². The minimum Gasteiger partial charge on any atom is -0.379 e. The van der Waals surface area contributed by atoms with Gasteiger partial charge in [-0.25, -0.2) is 9.97 Å². The van der Waals surface area contributed by atoms with Crippen molar-refractivity contribution in [2.24, 2.45) is 0 Å². The van der Waals surface area contributed by atoms with Crippen molar-refractivity contribution in [1.82, 2.24) is 9.97 Å². The summed E-state index contributed by atoms with van der Waals surface area (Å²) < 4.78 is 11.3. The number of nitrogens with one attached hydrogen (secondary N) is 2. The molecule has 2 saturated heterocycles. The zero-order valence-electron chi connectivity index (χ0n) is 13.4. The molecule has 3 heterocycles. The van der Waals surface area contributed by atoms with Gasteiger partial charge in [-0.05, 0) is 39.5 Å². The summed E-state index contributed by atoms with van der Waals surface area (Å²) in [5.74, 6) is 1.74. The molecule has 3 rings (SSSR count). The molecule has 0 saturated carbocycles. The number of nitrogens with zero attached hydrogens (tertiary/aromatic N) is 2. The fraction of sp³-hybridized carbons (Fsp3) is 0.750. The molecule has 2 aliphatic heterocycles. The highest BCUT2D eigenvalue weighted by molar-refractivity contribution is 5.47. The summed E-state index contributed by atoms with van der Waals surface area (Å²) >= 11 is 0. The Labute approximate surface area is 132 Å². The van der Waals surface area contributed by atoms with Crippen molar-refractivity contribution in [3.05, 3.63) is 12.4 Å². The maximum atomic E-state index is 5.78. The highest BCUT2D eigenvalue weighted by Gasteiger charge is 2.24. The summed E-state index contributed by atoms with van der Waals surface area (Å²) in [5, 5.41) is 6.95. The van der Waals surface area contributed by atoms with Crippen LogP contribution in [0.5, 0.6) is 0 Å². The van der Waals surface area contributed by atoms with Crippen LogP contribution in [0.3, 0.4) is 0 Å². The van der Waals surface area contributed by atoms with Crippen LogP contribution in [0, 0.1) is 0 Å². The zero-order valence-corrected chi connectivity index (χ0v) is 13.4. The summed E-state index contributed by atoms with van der Waals surface area (Å²) in [5.41, 5.74) is 0. The van der Waals surface area contributed by atoms with Gasteiger partial charge < -0.3 is 20.1 Å². The number of aromatic nitrogens is 2. The number of rotatable bonds is 4. The Morgan fingerprint density at radius 3 is 2.36 bits per heavy atom. The van der Waals surface area contributed by atoms with E-state index < -0.39 is 0 Å². The molecule has 3 atom stereocenters. The Bertz CT molecular complexity index is 469. The van der Waals surface area contributed by atoms with Crippen molar-refractivity contribution in [2.75, 3.05) is 23.8 Å². The van der Waals surface area contributed by atoms with Crippen LogP contribution in [0.1, 0.15) is 39.5 Å². The molecule has 0 radical (unpaired) electrons. The smallest absolute Gasteiger partial charge is 0.131 e. The van der Waals surface area contributed by atoms with E-state index in [9.17, 15) is 0 Å². The van der Waals surface area contributed by atoms with Crippen LogP contribution >= 0.6 is 0 Å². The molecule has 2 fully saturated rings. The minimum atomic E-state index is 0.292. The lowest BCUT2D eigenvalue weighted by Gasteiger charge is -2.32. The molecule has 6 heteroatoms. The summed E-state index contributed by atoms with van der Waals surface area (Å²) in [7, 11) is 0. The van der Waals surface area contributed by atoms with Gasteiger partial charge in [0.25, 0.3) is 0 Å². The van der Waals surface area contributed by atoms with Gasteiger partial charge in [0.1, 0.15) is 18.0 Å². The fourth-order valence-corrected chi connectivity index (χ4v) is 3.31. The maximum Gasteiger partial charge on any atom is 0.131 e. The van der Waals surface area contributed by atoms with Gasteiger partial charge in [-0.1, -0.05) is 0 Å². The van der Waals surface area contributed by atoms with Gasteiger partial charge in [-0.15, -0.1) is 0 Å². The van der Waals surface area contributed by atoms with Gasteiger partial charge in [0, 0.05) is 18.7 Å². The molecule has 6 nitrogen and oxygen atoms in total. The second-order valence-corrected chi connectivity index (χ2v) is 6.42. The lowest BCUT2D eigenvalue weighted by Crippen LogP contribution is -2.37. The van der Waals surface area contributed by atoms with Crippen molar-refractivity contribution >= 4 is 11.6 Å². The lowest BCUT2D eigenvalue weighted by atomic mass is 10.00. The average Bonchev–Trinajstić information content (AvgIpc) is 2.47. The number of hydrogen-bond acceptors (Lipinski definition) is 6. The van der Waals surface area contributed by atoms with E-state index in [1.54, 1.807) is 6.33 Å². The molecule has 122 valence electrons. The van der Waals surface area contributed by atoms with E-state index in [0.717, 1.165) is 50.5 Å². The van der Waals surface area contributed by atoms with Crippen molar-refractivity contribution in [2.45, 2.75) is 63.8 Å². The second kappa shape index (κ2) is 7.24. The first-order valence-corrected chi connectivity index (χ1v) is 8.27. The van der Waals surface area contributed by atoms with E-state index in [1.165, 1.54) is 0 Å². The van der Waals surface area contributed by atoms with Crippen LogP contribution in [0.15, 0.2) is 12.4 Å². The largest absolute Gasteiger partial charge is 0.379 e. The van der Waals surface area contributed by atoms with Crippen LogP contribution in [0.4, 0.5) is 11.6 Å². The monoisotopic (exact) mass is 306 g/mol. The van der Waals surface area contributed by atoms with E-state index in [-0.39, 0.29) is 0 Å². The van der Waals surface area contributed by atoms with Crippen molar-refractivity contribution in [3.63, 3.8) is 0 Å². The predicted molar refractivity (Wildman–Crippen MR) is 86.1 cm³/mol. The zero-order chi connectivity index (χ0) is 15.4. The fourth-order valence-electron chi connectivity index (χ4n) is 3.31. The Kier molecular flexibility index (Phi) is 5.10. The van der Waals surface area contributed by atoms with Crippen LogP contribution in [0.25, 0.3) is 0 Å². The van der Waals surface area contributed by atoms with Crippen molar-refractivity contribution in [3.8, 4) is 0 Å². The molecule has 1 aromatic rings. The third kappa shape index (κ3) is 4.30. The van der Waals surface area contributed by atoms with Crippen LogP contribution in [-0.4, -0.2) is 47.5 Å². The number of hydrogen-bond donors (Lipinski definition) is 2. The normalized spacial score (nSPS) is 32.5. The summed E-state index contributed by atoms with van der Waals surface area (Å²) in [6.45, 7) is 5.87. The highest BCUT2D eigenvalue weighted by Crippen LogP contribution is 2.22. The molecule has 0 aliphatic carbocycles. The third-order valence-corrected chi connectivity index (χ3v) is 4.23. The molecular formula is C16H26N4O2. The summed E-state index contributed by atoms with van der Waals surface area (Å²) in [6.07, 6.45) is 6.44. The second-order valence-electron chi connectivity index (χ2n) is 6.42. The maximum absolute atomic E-state index is 5.78. The molecular weight excluding hydrogens is 280 g/mol. The molecule has 22 heavy (non-hydrogen) atoms. The Morgan fingerprint density at radius 1 is 1.05 bits per heavy atom. The van der Waals surface area contributed by atoms with Gasteiger partial charge in [0.15, 0.2) is 0 Å². The number of anilines is 2. The molecule has 0 amide bonds. The topological polar surface area (TPSA) is 68.3 Å². The van der Waals surface area contributed by atoms with Crippen LogP contribution < -0.4 is 10.6 Å². The van der Waals surface area contributed by atoms with Crippen LogP contribution in [-0.2, 0) is 9.47 Å². The standard InChI is InChI=1S/C16H26N4O2/c1-11-6-14(7-12(2)22-11)20-16-8-15(17-10-18-16)19-13-4-3-5-21-9-13/h8,10-14H,3-7,9H2,1-2H3,(H2,17,18,19,20). The SMILES string of the molecule is CC1CC(Nc2cc(NC3CCCOC3)ncn2)CC(C)O1. The van der Waals surface area contributed by atoms with Crippen molar-refractivity contribution < 1.29 is 9.47 Å². The van der Waals surface area contributed by atoms with E-state index in [1.807, 2.05) is 6.07 Å². The molecule has 2 N–H and O–H groups in total. The molecule has 0 aromatic carbocycles. The Hall–Kier alpha value is -1.40. The minimum absolute atomic E-state index is 0.292. The quantitative estimate of drug-likeness (QED) is 0.890. The van der Waals surface area contributed by atoms with E-state index >= 15 is 0 Å². The first-order valence-electron chi connectivity index (χ1n) is 8.27. The third-order valence-electron chi connectivity index (χ3n) is 4.23. The molecule has 2 aliphatic rings. The molecule has 3 unspecified atom stereocenters. The summed E-state index contributed by atoms with van der Waals surface area (Å²) in [6, 6.07) is 2.73. The predicted octanol–water partition coefficient (Wildman–Crippen LogP) is 2.44. The van der Waals surface area contributed by atoms with Gasteiger partial charge >= 0.3 is 0 Å². The summed E-state index contributed by atoms with van der Waals surface area (Å²) in [4.78, 5) is 8.66. The molecule has 0 spiro atoms. The Morgan fingerprint density at radius 2 is 1.73 bits per heavy atom. The van der Waals surface area contributed by atoms with Gasteiger partial charge in [-0.2, -0.15) is 0 Å². The van der Waals surface area contributed by atoms with E-state index in [2.05, 4.69) is 34.4 Å². The average molecular weight is 306 g/mol. The van der Waals surface area contributed by atoms with E-state index in [4.69, 9.17) is 9.47 Å². The van der Waals surface area contributed by atoms with Crippen LogP contribution in [0.2, 0.25) is 0 Å². The molecule has 1 aromatic heterocycles. The highest BCUT2D eigenvalue weighted by atomic mass is 16.5. The van der Waals surface area contributed by atoms with Crippen molar-refractivity contribution in [1.29, 1.82) is 0 Å². The lowest BCUT2D eigenvalue weighted by molar-refractivity contribution is -0.0338.